The molecule has 0 spiro atoms. The summed E-state index contributed by atoms with van der Waals surface area (Å²) in [5.74, 6) is 0.432. The molecule has 4 heteroatoms. The monoisotopic (exact) mass is 258 g/mol. The van der Waals surface area contributed by atoms with E-state index in [1.165, 1.54) is 0 Å². The van der Waals surface area contributed by atoms with Crippen LogP contribution in [-0.2, 0) is 4.79 Å². The maximum atomic E-state index is 11.9. The number of nitrogens with one attached hydrogen (secondary N) is 1. The maximum Gasteiger partial charge on any atom is 0.243 e. The lowest BCUT2D eigenvalue weighted by molar-refractivity contribution is -0.127. The van der Waals surface area contributed by atoms with Crippen LogP contribution in [0.1, 0.15) is 36.8 Å². The first-order valence-corrected chi connectivity index (χ1v) is 6.84. The number of fused-ring (bicyclic) bond motifs is 1. The van der Waals surface area contributed by atoms with Gasteiger partial charge in [-0.3, -0.25) is 4.79 Å². The van der Waals surface area contributed by atoms with Gasteiger partial charge in [0.1, 0.15) is 5.75 Å². The quantitative estimate of drug-likeness (QED) is 0.812. The lowest BCUT2D eigenvalue weighted by Gasteiger charge is -2.34. The van der Waals surface area contributed by atoms with Gasteiger partial charge in [-0.15, -0.1) is 0 Å². The van der Waals surface area contributed by atoms with Gasteiger partial charge in [0.25, 0.3) is 0 Å². The molecule has 2 N–H and O–H groups in total. The van der Waals surface area contributed by atoms with Crippen molar-refractivity contribution in [3.63, 3.8) is 0 Å². The number of carbonyl (C=O) groups is 1. The molecule has 2 aliphatic rings. The van der Waals surface area contributed by atoms with Gasteiger partial charge in [-0.1, -0.05) is 24.5 Å². The van der Waals surface area contributed by atoms with E-state index < -0.39 is 0 Å². The van der Waals surface area contributed by atoms with Crippen LogP contribution in [0.2, 0.25) is 0 Å². The molecule has 0 radical (unpaired) electrons. The molecular weight excluding hydrogens is 240 g/mol. The average molecular weight is 258 g/mol. The zero-order valence-corrected chi connectivity index (χ0v) is 11.0. The summed E-state index contributed by atoms with van der Waals surface area (Å²) in [5, 5.41) is 14.3. The minimum atomic E-state index is 0.0150. The molecule has 2 atom stereocenters. The van der Waals surface area contributed by atoms with Crippen molar-refractivity contribution >= 4 is 11.6 Å². The van der Waals surface area contributed by atoms with Crippen LogP contribution in [0.5, 0.6) is 5.75 Å². The number of phenolic OH excluding ortho intramolecular Hbond substituents is 1. The van der Waals surface area contributed by atoms with Gasteiger partial charge in [0.15, 0.2) is 0 Å². The number of aromatic hydroxyl groups is 1. The van der Waals surface area contributed by atoms with Gasteiger partial charge < -0.3 is 5.11 Å². The molecule has 100 valence electrons. The van der Waals surface area contributed by atoms with E-state index in [0.29, 0.717) is 0 Å². The Hall–Kier alpha value is -1.84. The summed E-state index contributed by atoms with van der Waals surface area (Å²) in [6, 6.07) is 5.51. The third kappa shape index (κ3) is 2.11. The van der Waals surface area contributed by atoms with Crippen LogP contribution in [0.25, 0.3) is 0 Å². The summed E-state index contributed by atoms with van der Waals surface area (Å²) in [7, 11) is 0. The lowest BCUT2D eigenvalue weighted by atomic mass is 9.73. The second-order valence-corrected chi connectivity index (χ2v) is 5.49. The molecule has 4 nitrogen and oxygen atoms in total. The molecule has 0 bridgehead atoms. The predicted octanol–water partition coefficient (Wildman–Crippen LogP) is 2.34. The molecule has 1 aromatic rings. The number of carbonyl (C=O) groups excluding carboxylic acids is 1. The predicted molar refractivity (Wildman–Crippen MR) is 73.0 cm³/mol. The summed E-state index contributed by atoms with van der Waals surface area (Å²) in [4.78, 5) is 11.9. The first kappa shape index (κ1) is 12.2. The van der Waals surface area contributed by atoms with Crippen molar-refractivity contribution in [2.75, 3.05) is 0 Å². The standard InChI is InChI=1S/C15H18N2O2/c1-9-6-7-13(18)12(8-9)14-10-4-2-3-5-11(10)15(19)17-16-14/h6-8,10-11,18H,2-5H2,1H3,(H,17,19)/t10-,11-/m0/s1. The molecule has 0 saturated heterocycles. The Kier molecular flexibility index (Phi) is 3.01. The summed E-state index contributed by atoms with van der Waals surface area (Å²) >= 11 is 0. The second-order valence-electron chi connectivity index (χ2n) is 5.49. The minimum absolute atomic E-state index is 0.0150. The number of hydrogen-bond acceptors (Lipinski definition) is 3. The summed E-state index contributed by atoms with van der Waals surface area (Å²) in [5.41, 5.74) is 5.30. The molecule has 1 saturated carbocycles. The Bertz CT molecular complexity index is 551. The van der Waals surface area contributed by atoms with Crippen LogP contribution in [0.15, 0.2) is 23.3 Å². The molecule has 1 aliphatic heterocycles. The maximum absolute atomic E-state index is 11.9. The number of aryl methyl sites for hydroxylation is 1. The van der Waals surface area contributed by atoms with E-state index in [2.05, 4.69) is 10.5 Å². The summed E-state index contributed by atoms with van der Waals surface area (Å²) in [6.45, 7) is 1.99. The Morgan fingerprint density at radius 1 is 1.26 bits per heavy atom. The van der Waals surface area contributed by atoms with Crippen molar-refractivity contribution in [1.82, 2.24) is 5.43 Å². The summed E-state index contributed by atoms with van der Waals surface area (Å²) < 4.78 is 0. The third-order valence-corrected chi connectivity index (χ3v) is 4.17. The Labute approximate surface area is 112 Å². The molecule has 1 aliphatic carbocycles. The molecule has 1 fully saturated rings. The van der Waals surface area contributed by atoms with Crippen molar-refractivity contribution in [2.45, 2.75) is 32.6 Å². The highest BCUT2D eigenvalue weighted by molar-refractivity contribution is 6.08. The molecule has 19 heavy (non-hydrogen) atoms. The number of phenols is 1. The first-order chi connectivity index (χ1) is 9.16. The van der Waals surface area contributed by atoms with Gasteiger partial charge in [0.05, 0.1) is 5.71 Å². The van der Waals surface area contributed by atoms with Crippen molar-refractivity contribution in [1.29, 1.82) is 0 Å². The zero-order valence-electron chi connectivity index (χ0n) is 11.0. The minimum Gasteiger partial charge on any atom is -0.507 e. The highest BCUT2D eigenvalue weighted by Gasteiger charge is 2.38. The van der Waals surface area contributed by atoms with Gasteiger partial charge >= 0.3 is 0 Å². The highest BCUT2D eigenvalue weighted by Crippen LogP contribution is 2.36. The van der Waals surface area contributed by atoms with Crippen LogP contribution >= 0.6 is 0 Å². The molecule has 0 aromatic heterocycles. The van der Waals surface area contributed by atoms with Gasteiger partial charge in [-0.05, 0) is 31.9 Å². The fraction of sp³-hybridized carbons (Fsp3) is 0.467. The van der Waals surface area contributed by atoms with Crippen LogP contribution in [-0.4, -0.2) is 16.7 Å². The Morgan fingerprint density at radius 2 is 2.00 bits per heavy atom. The summed E-state index contributed by atoms with van der Waals surface area (Å²) in [6.07, 6.45) is 4.12. The average Bonchev–Trinajstić information content (AvgIpc) is 2.43. The van der Waals surface area contributed by atoms with Crippen molar-refractivity contribution in [2.24, 2.45) is 16.9 Å². The number of nitrogens with zero attached hydrogens (tertiary/aromatic N) is 1. The Morgan fingerprint density at radius 3 is 2.79 bits per heavy atom. The lowest BCUT2D eigenvalue weighted by Crippen LogP contribution is -2.43. The SMILES string of the molecule is Cc1ccc(O)c(C2=NNC(=O)[C@H]3CCCC[C@H]23)c1. The van der Waals surface area contributed by atoms with Gasteiger partial charge in [-0.25, -0.2) is 5.43 Å². The zero-order chi connectivity index (χ0) is 13.4. The van der Waals surface area contributed by atoms with Gasteiger partial charge in [0.2, 0.25) is 5.91 Å². The third-order valence-electron chi connectivity index (χ3n) is 4.17. The molecule has 1 heterocycles. The van der Waals surface area contributed by atoms with Crippen molar-refractivity contribution in [3.8, 4) is 5.75 Å². The number of hydrazone groups is 1. The molecule has 0 unspecified atom stereocenters. The molecule has 1 aromatic carbocycles. The van der Waals surface area contributed by atoms with E-state index in [1.54, 1.807) is 6.07 Å². The fourth-order valence-electron chi connectivity index (χ4n) is 3.17. The molecule has 3 rings (SSSR count). The van der Waals surface area contributed by atoms with Crippen LogP contribution in [0.4, 0.5) is 0 Å². The number of benzene rings is 1. The second kappa shape index (κ2) is 4.68. The van der Waals surface area contributed by atoms with Crippen molar-refractivity contribution < 1.29 is 9.90 Å². The Balaban J connectivity index is 2.03. The van der Waals surface area contributed by atoms with Gasteiger partial charge in [-0.2, -0.15) is 5.10 Å². The van der Waals surface area contributed by atoms with E-state index in [9.17, 15) is 9.90 Å². The molecule has 1 amide bonds. The van der Waals surface area contributed by atoms with Crippen molar-refractivity contribution in [3.05, 3.63) is 29.3 Å². The number of amides is 1. The van der Waals surface area contributed by atoms with Gasteiger partial charge in [0, 0.05) is 17.4 Å². The van der Waals surface area contributed by atoms with Crippen LogP contribution < -0.4 is 5.43 Å². The van der Waals surface area contributed by atoms with E-state index >= 15 is 0 Å². The smallest absolute Gasteiger partial charge is 0.243 e. The normalized spacial score (nSPS) is 26.4. The first-order valence-electron chi connectivity index (χ1n) is 6.84. The number of rotatable bonds is 1. The highest BCUT2D eigenvalue weighted by atomic mass is 16.3. The topological polar surface area (TPSA) is 61.7 Å². The van der Waals surface area contributed by atoms with E-state index in [-0.39, 0.29) is 23.5 Å². The fourth-order valence-corrected chi connectivity index (χ4v) is 3.17. The van der Waals surface area contributed by atoms with E-state index in [0.717, 1.165) is 42.5 Å². The van der Waals surface area contributed by atoms with Crippen LogP contribution in [0, 0.1) is 18.8 Å². The van der Waals surface area contributed by atoms with E-state index in [4.69, 9.17) is 0 Å². The van der Waals surface area contributed by atoms with Crippen LogP contribution in [0.3, 0.4) is 0 Å². The number of hydrogen-bond donors (Lipinski definition) is 2. The largest absolute Gasteiger partial charge is 0.507 e. The van der Waals surface area contributed by atoms with E-state index in [1.807, 2.05) is 19.1 Å². The molecular formula is C15H18N2O2.